The average molecular weight is 287 g/mol. The van der Waals surface area contributed by atoms with Gasteiger partial charge in [-0.3, -0.25) is 4.90 Å². The molecule has 0 amide bonds. The molecule has 0 atom stereocenters. The van der Waals surface area contributed by atoms with Crippen molar-refractivity contribution in [3.8, 4) is 0 Å². The van der Waals surface area contributed by atoms with Crippen LogP contribution >= 0.6 is 0 Å². The van der Waals surface area contributed by atoms with E-state index in [1.54, 1.807) is 0 Å². The van der Waals surface area contributed by atoms with Gasteiger partial charge in [0.05, 0.1) is 12.2 Å². The van der Waals surface area contributed by atoms with Crippen molar-refractivity contribution in [1.82, 2.24) is 24.6 Å². The average Bonchev–Trinajstić information content (AvgIpc) is 2.86. The molecule has 3 heterocycles. The molecule has 21 heavy (non-hydrogen) atoms. The zero-order valence-corrected chi connectivity index (χ0v) is 13.3. The Hall–Kier alpha value is -1.46. The molecule has 3 rings (SSSR count). The van der Waals surface area contributed by atoms with Gasteiger partial charge in [0.2, 0.25) is 0 Å². The summed E-state index contributed by atoms with van der Waals surface area (Å²) in [5.41, 5.74) is 2.19. The summed E-state index contributed by atoms with van der Waals surface area (Å²) in [6.07, 6.45) is 1.86. The molecule has 114 valence electrons. The van der Waals surface area contributed by atoms with Crippen LogP contribution in [0, 0.1) is 0 Å². The van der Waals surface area contributed by atoms with Crippen LogP contribution in [0.3, 0.4) is 0 Å². The first-order valence-electron chi connectivity index (χ1n) is 7.87. The molecule has 0 aromatic carbocycles. The zero-order chi connectivity index (χ0) is 14.8. The fourth-order valence-electron chi connectivity index (χ4n) is 2.92. The summed E-state index contributed by atoms with van der Waals surface area (Å²) in [5, 5.41) is 6.01. The quantitative estimate of drug-likeness (QED) is 0.859. The lowest BCUT2D eigenvalue weighted by molar-refractivity contribution is 0.149. The molecule has 0 unspecified atom stereocenters. The van der Waals surface area contributed by atoms with E-state index in [4.69, 9.17) is 5.10 Å². The number of piperazine rings is 1. The number of hydrogen-bond donors (Lipinski definition) is 0. The number of fused-ring (bicyclic) bond motifs is 1. The highest BCUT2D eigenvalue weighted by molar-refractivity contribution is 5.78. The third-order valence-corrected chi connectivity index (χ3v) is 4.31. The van der Waals surface area contributed by atoms with E-state index in [9.17, 15) is 0 Å². The molecule has 5 heteroatoms. The number of rotatable bonds is 4. The van der Waals surface area contributed by atoms with Gasteiger partial charge in [0.15, 0.2) is 5.65 Å². The summed E-state index contributed by atoms with van der Waals surface area (Å²) in [7, 11) is 2.19. The van der Waals surface area contributed by atoms with Gasteiger partial charge in [0.25, 0.3) is 0 Å². The van der Waals surface area contributed by atoms with Crippen molar-refractivity contribution in [2.45, 2.75) is 26.3 Å². The maximum Gasteiger partial charge on any atom is 0.158 e. The molecule has 1 aliphatic rings. The van der Waals surface area contributed by atoms with E-state index in [1.807, 2.05) is 12.3 Å². The van der Waals surface area contributed by atoms with Gasteiger partial charge in [-0.05, 0) is 25.1 Å². The summed E-state index contributed by atoms with van der Waals surface area (Å²) < 4.78 is 2.09. The van der Waals surface area contributed by atoms with Gasteiger partial charge >= 0.3 is 0 Å². The van der Waals surface area contributed by atoms with Gasteiger partial charge in [-0.15, -0.1) is 0 Å². The van der Waals surface area contributed by atoms with E-state index in [0.29, 0.717) is 5.92 Å². The molecule has 1 fully saturated rings. The van der Waals surface area contributed by atoms with Gasteiger partial charge < -0.3 is 4.90 Å². The minimum absolute atomic E-state index is 0.432. The van der Waals surface area contributed by atoms with Gasteiger partial charge in [0, 0.05) is 44.3 Å². The van der Waals surface area contributed by atoms with Crippen molar-refractivity contribution < 1.29 is 0 Å². The lowest BCUT2D eigenvalue weighted by atomic mass is 10.1. The second kappa shape index (κ2) is 6.12. The van der Waals surface area contributed by atoms with Gasteiger partial charge in [0.1, 0.15) is 0 Å². The van der Waals surface area contributed by atoms with Crippen LogP contribution in [0.25, 0.3) is 11.0 Å². The highest BCUT2D eigenvalue weighted by atomic mass is 15.3. The van der Waals surface area contributed by atoms with Gasteiger partial charge in [-0.25, -0.2) is 9.67 Å². The van der Waals surface area contributed by atoms with Crippen molar-refractivity contribution in [3.05, 3.63) is 24.0 Å². The fraction of sp³-hybridized carbons (Fsp3) is 0.625. The van der Waals surface area contributed by atoms with Crippen molar-refractivity contribution in [2.24, 2.45) is 0 Å². The van der Waals surface area contributed by atoms with E-state index in [1.165, 1.54) is 5.39 Å². The molecular weight excluding hydrogens is 262 g/mol. The first kappa shape index (κ1) is 14.5. The third-order valence-electron chi connectivity index (χ3n) is 4.31. The maximum absolute atomic E-state index is 4.81. The summed E-state index contributed by atoms with van der Waals surface area (Å²) in [5.74, 6) is 0.432. The molecule has 1 aliphatic heterocycles. The minimum atomic E-state index is 0.432. The molecule has 2 aromatic rings. The summed E-state index contributed by atoms with van der Waals surface area (Å²) >= 11 is 0. The Kier molecular flexibility index (Phi) is 4.22. The molecule has 2 aromatic heterocycles. The Labute approximate surface area is 126 Å². The summed E-state index contributed by atoms with van der Waals surface area (Å²) in [6.45, 7) is 11.0. The molecule has 0 N–H and O–H groups in total. The predicted molar refractivity (Wildman–Crippen MR) is 85.6 cm³/mol. The maximum atomic E-state index is 4.81. The third kappa shape index (κ3) is 3.09. The number of hydrogen-bond acceptors (Lipinski definition) is 4. The van der Waals surface area contributed by atoms with Gasteiger partial charge in [-0.2, -0.15) is 5.10 Å². The molecule has 1 saturated heterocycles. The van der Waals surface area contributed by atoms with Crippen LogP contribution in [0.5, 0.6) is 0 Å². The number of likely N-dealkylation sites (N-methyl/N-ethyl adjacent to an activating group) is 1. The topological polar surface area (TPSA) is 37.2 Å². The Bertz CT molecular complexity index is 596. The number of aromatic nitrogens is 3. The minimum Gasteiger partial charge on any atom is -0.304 e. The largest absolute Gasteiger partial charge is 0.304 e. The van der Waals surface area contributed by atoms with Crippen molar-refractivity contribution in [1.29, 1.82) is 0 Å². The Morgan fingerprint density at radius 1 is 1.14 bits per heavy atom. The van der Waals surface area contributed by atoms with Crippen LogP contribution in [0.4, 0.5) is 0 Å². The van der Waals surface area contributed by atoms with Crippen LogP contribution in [0.2, 0.25) is 0 Å². The normalized spacial score (nSPS) is 17.9. The summed E-state index contributed by atoms with van der Waals surface area (Å²) in [6, 6.07) is 4.14. The highest BCUT2D eigenvalue weighted by Crippen LogP contribution is 2.23. The second-order valence-corrected chi connectivity index (χ2v) is 6.28. The van der Waals surface area contributed by atoms with Crippen LogP contribution < -0.4 is 0 Å². The van der Waals surface area contributed by atoms with Crippen LogP contribution in [0.15, 0.2) is 18.3 Å². The van der Waals surface area contributed by atoms with Crippen LogP contribution in [-0.4, -0.2) is 64.3 Å². The Morgan fingerprint density at radius 2 is 1.90 bits per heavy atom. The first-order valence-corrected chi connectivity index (χ1v) is 7.87. The van der Waals surface area contributed by atoms with Crippen molar-refractivity contribution >= 4 is 11.0 Å². The van der Waals surface area contributed by atoms with Crippen LogP contribution in [-0.2, 0) is 6.54 Å². The Balaban J connectivity index is 1.75. The van der Waals surface area contributed by atoms with Crippen molar-refractivity contribution in [3.63, 3.8) is 0 Å². The lowest BCUT2D eigenvalue weighted by Gasteiger charge is -2.32. The molecule has 0 radical (unpaired) electrons. The molecule has 0 spiro atoms. The number of nitrogens with zero attached hydrogens (tertiary/aromatic N) is 5. The molecular formula is C16H25N5. The molecule has 0 aliphatic carbocycles. The molecule has 5 nitrogen and oxygen atoms in total. The first-order chi connectivity index (χ1) is 10.1. The lowest BCUT2D eigenvalue weighted by Crippen LogP contribution is -2.45. The highest BCUT2D eigenvalue weighted by Gasteiger charge is 2.16. The second-order valence-electron chi connectivity index (χ2n) is 6.28. The number of pyridine rings is 1. The molecule has 0 saturated carbocycles. The fourth-order valence-corrected chi connectivity index (χ4v) is 2.92. The Morgan fingerprint density at radius 3 is 2.62 bits per heavy atom. The van der Waals surface area contributed by atoms with E-state index in [0.717, 1.165) is 50.6 Å². The van der Waals surface area contributed by atoms with Crippen LogP contribution in [0.1, 0.15) is 25.5 Å². The zero-order valence-electron chi connectivity index (χ0n) is 13.3. The smallest absolute Gasteiger partial charge is 0.158 e. The SMILES string of the molecule is CC(C)c1nn(CCN2CCN(C)CC2)c2ncccc12. The van der Waals surface area contributed by atoms with Gasteiger partial charge in [-0.1, -0.05) is 13.8 Å². The monoisotopic (exact) mass is 287 g/mol. The van der Waals surface area contributed by atoms with Crippen molar-refractivity contribution in [2.75, 3.05) is 39.8 Å². The predicted octanol–water partition coefficient (Wildman–Crippen LogP) is 1.80. The van der Waals surface area contributed by atoms with E-state index in [-0.39, 0.29) is 0 Å². The van der Waals surface area contributed by atoms with E-state index < -0.39 is 0 Å². The van der Waals surface area contributed by atoms with E-state index >= 15 is 0 Å². The van der Waals surface area contributed by atoms with E-state index in [2.05, 4.69) is 46.4 Å². The molecule has 0 bridgehead atoms. The summed E-state index contributed by atoms with van der Waals surface area (Å²) in [4.78, 5) is 9.44. The standard InChI is InChI=1S/C16H25N5/c1-13(2)15-14-5-4-6-17-16(14)21(18-15)12-11-20-9-7-19(3)8-10-20/h4-6,13H,7-12H2,1-3H3.